The van der Waals surface area contributed by atoms with Gasteiger partial charge in [0.25, 0.3) is 0 Å². The summed E-state index contributed by atoms with van der Waals surface area (Å²) in [6.45, 7) is 4.76. The van der Waals surface area contributed by atoms with E-state index >= 15 is 0 Å². The summed E-state index contributed by atoms with van der Waals surface area (Å²) in [5, 5.41) is 3.21. The van der Waals surface area contributed by atoms with Crippen molar-refractivity contribution in [2.75, 3.05) is 38.8 Å². The van der Waals surface area contributed by atoms with Crippen LogP contribution >= 0.6 is 22.6 Å². The summed E-state index contributed by atoms with van der Waals surface area (Å²) in [4.78, 5) is 8.71. The summed E-state index contributed by atoms with van der Waals surface area (Å²) in [5.74, 6) is 1.70. The zero-order chi connectivity index (χ0) is 12.5. The molecule has 1 aromatic rings. The molecule has 1 heterocycles. The summed E-state index contributed by atoms with van der Waals surface area (Å²) in [7, 11) is 1.66. The molecule has 1 rings (SSSR count). The first kappa shape index (κ1) is 14.6. The predicted octanol–water partition coefficient (Wildman–Crippen LogP) is 1.72. The van der Waals surface area contributed by atoms with E-state index in [1.807, 2.05) is 13.1 Å². The summed E-state index contributed by atoms with van der Waals surface area (Å²) in [5.41, 5.74) is 0. The van der Waals surface area contributed by atoms with Gasteiger partial charge < -0.3 is 14.8 Å². The number of ether oxygens (including phenoxy) is 2. The number of methoxy groups -OCH3 is 1. The van der Waals surface area contributed by atoms with Gasteiger partial charge in [0, 0.05) is 26.3 Å². The number of rotatable bonds is 8. The van der Waals surface area contributed by atoms with E-state index in [-0.39, 0.29) is 0 Å². The van der Waals surface area contributed by atoms with Crippen LogP contribution in [0, 0.1) is 3.57 Å². The van der Waals surface area contributed by atoms with Crippen molar-refractivity contribution in [1.82, 2.24) is 9.97 Å². The molecule has 96 valence electrons. The van der Waals surface area contributed by atoms with Crippen LogP contribution in [0.5, 0.6) is 0 Å². The average Bonchev–Trinajstić information content (AvgIpc) is 2.33. The Hall–Kier alpha value is -0.470. The highest BCUT2D eigenvalue weighted by molar-refractivity contribution is 14.1. The fraction of sp³-hybridized carbons (Fsp3) is 0.636. The molecule has 1 N–H and O–H groups in total. The maximum absolute atomic E-state index is 5.38. The third-order valence-electron chi connectivity index (χ3n) is 2.04. The molecule has 5 nitrogen and oxygen atoms in total. The zero-order valence-corrected chi connectivity index (χ0v) is 12.4. The number of aromatic nitrogens is 2. The maximum Gasteiger partial charge on any atom is 0.143 e. The first-order valence-corrected chi connectivity index (χ1v) is 6.67. The van der Waals surface area contributed by atoms with Crippen LogP contribution in [0.15, 0.2) is 6.20 Å². The monoisotopic (exact) mass is 351 g/mol. The third kappa shape index (κ3) is 5.60. The van der Waals surface area contributed by atoms with Gasteiger partial charge in [-0.05, 0) is 29.5 Å². The van der Waals surface area contributed by atoms with Gasteiger partial charge in [-0.25, -0.2) is 9.97 Å². The lowest BCUT2D eigenvalue weighted by molar-refractivity contribution is 0.0716. The molecule has 0 spiro atoms. The fourth-order valence-electron chi connectivity index (χ4n) is 1.22. The minimum Gasteiger partial charge on any atom is -0.382 e. The highest BCUT2D eigenvalue weighted by Gasteiger charge is 2.03. The molecule has 0 aliphatic carbocycles. The molecular weight excluding hydrogens is 333 g/mol. The van der Waals surface area contributed by atoms with E-state index in [1.165, 1.54) is 0 Å². The highest BCUT2D eigenvalue weighted by Crippen LogP contribution is 2.13. The van der Waals surface area contributed by atoms with Crippen LogP contribution in [-0.2, 0) is 15.9 Å². The second-order valence-corrected chi connectivity index (χ2v) is 4.53. The lowest BCUT2D eigenvalue weighted by atomic mass is 10.4. The molecule has 0 bridgehead atoms. The maximum atomic E-state index is 5.38. The van der Waals surface area contributed by atoms with E-state index < -0.39 is 0 Å². The number of nitrogens with zero attached hydrogens (tertiary/aromatic N) is 2. The van der Waals surface area contributed by atoms with Crippen molar-refractivity contribution in [3.05, 3.63) is 15.6 Å². The largest absolute Gasteiger partial charge is 0.382 e. The predicted molar refractivity (Wildman–Crippen MR) is 75.3 cm³/mol. The standard InChI is InChI=1S/C11H18IN3O2/c1-3-13-11-9(12)8-14-10(15-11)4-5-17-7-6-16-2/h8H,3-7H2,1-2H3,(H,13,14,15). The Labute approximate surface area is 115 Å². The Balaban J connectivity index is 2.40. The van der Waals surface area contributed by atoms with E-state index in [4.69, 9.17) is 9.47 Å². The summed E-state index contributed by atoms with van der Waals surface area (Å²) < 4.78 is 11.3. The molecule has 0 amide bonds. The normalized spacial score (nSPS) is 10.5. The third-order valence-corrected chi connectivity index (χ3v) is 2.83. The number of hydrogen-bond donors (Lipinski definition) is 1. The Morgan fingerprint density at radius 1 is 1.35 bits per heavy atom. The summed E-state index contributed by atoms with van der Waals surface area (Å²) in [6.07, 6.45) is 2.55. The Bertz CT molecular complexity index is 336. The first-order valence-electron chi connectivity index (χ1n) is 5.60. The molecule has 1 aromatic heterocycles. The van der Waals surface area contributed by atoms with Crippen molar-refractivity contribution >= 4 is 28.4 Å². The van der Waals surface area contributed by atoms with Crippen LogP contribution in [0.1, 0.15) is 12.7 Å². The van der Waals surface area contributed by atoms with Crippen LogP contribution < -0.4 is 5.32 Å². The summed E-state index contributed by atoms with van der Waals surface area (Å²) in [6, 6.07) is 0. The van der Waals surface area contributed by atoms with Gasteiger partial charge in [0.15, 0.2) is 0 Å². The summed E-state index contributed by atoms with van der Waals surface area (Å²) >= 11 is 2.22. The molecule has 0 aliphatic heterocycles. The van der Waals surface area contributed by atoms with E-state index in [2.05, 4.69) is 37.9 Å². The smallest absolute Gasteiger partial charge is 0.143 e. The van der Waals surface area contributed by atoms with Gasteiger partial charge in [-0.1, -0.05) is 0 Å². The highest BCUT2D eigenvalue weighted by atomic mass is 127. The fourth-order valence-corrected chi connectivity index (χ4v) is 1.67. The lowest BCUT2D eigenvalue weighted by Crippen LogP contribution is -2.09. The van der Waals surface area contributed by atoms with Crippen molar-refractivity contribution in [2.45, 2.75) is 13.3 Å². The average molecular weight is 351 g/mol. The molecule has 0 saturated heterocycles. The Morgan fingerprint density at radius 3 is 2.88 bits per heavy atom. The molecule has 17 heavy (non-hydrogen) atoms. The van der Waals surface area contributed by atoms with Crippen LogP contribution in [0.4, 0.5) is 5.82 Å². The van der Waals surface area contributed by atoms with Crippen LogP contribution in [0.2, 0.25) is 0 Å². The van der Waals surface area contributed by atoms with Crippen molar-refractivity contribution in [3.8, 4) is 0 Å². The van der Waals surface area contributed by atoms with E-state index in [0.717, 1.165) is 28.2 Å². The number of halogens is 1. The molecule has 0 unspecified atom stereocenters. The van der Waals surface area contributed by atoms with Crippen LogP contribution in [-0.4, -0.2) is 43.4 Å². The van der Waals surface area contributed by atoms with E-state index in [0.29, 0.717) is 19.8 Å². The Morgan fingerprint density at radius 2 is 2.18 bits per heavy atom. The van der Waals surface area contributed by atoms with Gasteiger partial charge in [-0.2, -0.15) is 0 Å². The molecule has 0 aliphatic rings. The van der Waals surface area contributed by atoms with Gasteiger partial charge in [0.1, 0.15) is 11.6 Å². The SMILES string of the molecule is CCNc1nc(CCOCCOC)ncc1I. The molecule has 0 radical (unpaired) electrons. The molecular formula is C11H18IN3O2. The minimum atomic E-state index is 0.612. The van der Waals surface area contributed by atoms with Crippen molar-refractivity contribution in [2.24, 2.45) is 0 Å². The first-order chi connectivity index (χ1) is 8.27. The van der Waals surface area contributed by atoms with Gasteiger partial charge in [-0.15, -0.1) is 0 Å². The van der Waals surface area contributed by atoms with Crippen molar-refractivity contribution in [3.63, 3.8) is 0 Å². The minimum absolute atomic E-state index is 0.612. The zero-order valence-electron chi connectivity index (χ0n) is 10.2. The van der Waals surface area contributed by atoms with Crippen molar-refractivity contribution in [1.29, 1.82) is 0 Å². The quantitative estimate of drug-likeness (QED) is 0.571. The molecule has 6 heteroatoms. The lowest BCUT2D eigenvalue weighted by Gasteiger charge is -2.07. The number of hydrogen-bond acceptors (Lipinski definition) is 5. The van der Waals surface area contributed by atoms with Gasteiger partial charge in [0.2, 0.25) is 0 Å². The molecule has 0 fully saturated rings. The molecule has 0 aromatic carbocycles. The van der Waals surface area contributed by atoms with Gasteiger partial charge in [-0.3, -0.25) is 0 Å². The van der Waals surface area contributed by atoms with Gasteiger partial charge in [0.05, 0.1) is 23.4 Å². The topological polar surface area (TPSA) is 56.3 Å². The second-order valence-electron chi connectivity index (χ2n) is 3.37. The number of anilines is 1. The van der Waals surface area contributed by atoms with Crippen LogP contribution in [0.3, 0.4) is 0 Å². The molecule has 0 atom stereocenters. The Kier molecular flexibility index (Phi) is 7.38. The van der Waals surface area contributed by atoms with Gasteiger partial charge >= 0.3 is 0 Å². The van der Waals surface area contributed by atoms with Crippen molar-refractivity contribution < 1.29 is 9.47 Å². The van der Waals surface area contributed by atoms with E-state index in [9.17, 15) is 0 Å². The van der Waals surface area contributed by atoms with E-state index in [1.54, 1.807) is 7.11 Å². The number of nitrogens with one attached hydrogen (secondary N) is 1. The molecule has 0 saturated carbocycles. The second kappa shape index (κ2) is 8.60. The van der Waals surface area contributed by atoms with Crippen LogP contribution in [0.25, 0.3) is 0 Å².